The second-order valence-electron chi connectivity index (χ2n) is 3.30. The van der Waals surface area contributed by atoms with Crippen molar-refractivity contribution in [3.63, 3.8) is 0 Å². The minimum absolute atomic E-state index is 0.0609. The molecule has 0 amide bonds. The van der Waals surface area contributed by atoms with E-state index in [0.29, 0.717) is 5.76 Å². The minimum Gasteiger partial charge on any atom is -0.468 e. The number of hydrogen-bond acceptors (Lipinski definition) is 5. The number of furan rings is 1. The Morgan fingerprint density at radius 1 is 1.35 bits per heavy atom. The molecule has 0 spiro atoms. The summed E-state index contributed by atoms with van der Waals surface area (Å²) in [7, 11) is -3.71. The Kier molecular flexibility index (Phi) is 3.12. The van der Waals surface area contributed by atoms with Crippen LogP contribution in [0, 0.1) is 0 Å². The van der Waals surface area contributed by atoms with E-state index < -0.39 is 10.0 Å². The molecule has 0 saturated carbocycles. The van der Waals surface area contributed by atoms with Crippen LogP contribution in [0.1, 0.15) is 5.76 Å². The number of rotatable bonds is 4. The highest BCUT2D eigenvalue weighted by molar-refractivity contribution is 7.89. The molecule has 2 heterocycles. The molecule has 6 nitrogen and oxygen atoms in total. The largest absolute Gasteiger partial charge is 0.468 e. The Labute approximate surface area is 98.5 Å². The van der Waals surface area contributed by atoms with E-state index in [1.54, 1.807) is 18.2 Å². The molecule has 0 saturated heterocycles. The zero-order valence-electron chi connectivity index (χ0n) is 8.83. The Bertz CT molecular complexity index is 593. The standard InChI is InChI=1S/C10H11N3O3S/c11-9-4-1-5-12-10(9)17(14,15)13-7-8-3-2-6-16-8/h1-6,13H,7,11H2. The summed E-state index contributed by atoms with van der Waals surface area (Å²) in [5, 5.41) is -0.174. The summed E-state index contributed by atoms with van der Waals surface area (Å²) >= 11 is 0. The lowest BCUT2D eigenvalue weighted by Crippen LogP contribution is -2.24. The summed E-state index contributed by atoms with van der Waals surface area (Å²) < 4.78 is 31.1. The molecule has 3 N–H and O–H groups in total. The SMILES string of the molecule is Nc1cccnc1S(=O)(=O)NCc1ccco1. The zero-order chi connectivity index (χ0) is 12.3. The number of sulfonamides is 1. The van der Waals surface area contributed by atoms with Gasteiger partial charge in [-0.3, -0.25) is 0 Å². The smallest absolute Gasteiger partial charge is 0.260 e. The fraction of sp³-hybridized carbons (Fsp3) is 0.100. The molecule has 2 aromatic heterocycles. The summed E-state index contributed by atoms with van der Waals surface area (Å²) in [5.41, 5.74) is 5.66. The monoisotopic (exact) mass is 253 g/mol. The maximum Gasteiger partial charge on any atom is 0.260 e. The van der Waals surface area contributed by atoms with Gasteiger partial charge in [0.05, 0.1) is 18.5 Å². The molecule has 0 fully saturated rings. The molecular weight excluding hydrogens is 242 g/mol. The van der Waals surface area contributed by atoms with Gasteiger partial charge in [0.1, 0.15) is 5.76 Å². The van der Waals surface area contributed by atoms with Gasteiger partial charge >= 0.3 is 0 Å². The lowest BCUT2D eigenvalue weighted by atomic mass is 10.4. The first kappa shape index (κ1) is 11.6. The first-order valence-electron chi connectivity index (χ1n) is 4.82. The van der Waals surface area contributed by atoms with Gasteiger partial charge in [-0.05, 0) is 24.3 Å². The van der Waals surface area contributed by atoms with Gasteiger partial charge in [-0.2, -0.15) is 0 Å². The summed E-state index contributed by atoms with van der Waals surface area (Å²) in [4.78, 5) is 3.74. The second-order valence-corrected chi connectivity index (χ2v) is 4.98. The van der Waals surface area contributed by atoms with Crippen molar-refractivity contribution in [2.24, 2.45) is 0 Å². The molecule has 0 aliphatic rings. The van der Waals surface area contributed by atoms with Crippen molar-refractivity contribution in [2.45, 2.75) is 11.6 Å². The zero-order valence-corrected chi connectivity index (χ0v) is 9.65. The number of aromatic nitrogens is 1. The van der Waals surface area contributed by atoms with Gasteiger partial charge in [0.2, 0.25) is 0 Å². The molecular formula is C10H11N3O3S. The van der Waals surface area contributed by atoms with Crippen LogP contribution in [0.5, 0.6) is 0 Å². The van der Waals surface area contributed by atoms with Crippen LogP contribution in [-0.2, 0) is 16.6 Å². The molecule has 2 aromatic rings. The van der Waals surface area contributed by atoms with E-state index in [4.69, 9.17) is 10.2 Å². The molecule has 0 aromatic carbocycles. The Balaban J connectivity index is 2.17. The van der Waals surface area contributed by atoms with Crippen LogP contribution in [0.4, 0.5) is 5.69 Å². The number of nitrogen functional groups attached to an aromatic ring is 1. The molecule has 0 atom stereocenters. The van der Waals surface area contributed by atoms with Gasteiger partial charge in [-0.15, -0.1) is 0 Å². The van der Waals surface area contributed by atoms with Crippen molar-refractivity contribution >= 4 is 15.7 Å². The summed E-state index contributed by atoms with van der Waals surface area (Å²) in [6.07, 6.45) is 2.84. The summed E-state index contributed by atoms with van der Waals surface area (Å²) in [6, 6.07) is 6.40. The van der Waals surface area contributed by atoms with Crippen molar-refractivity contribution in [2.75, 3.05) is 5.73 Å². The van der Waals surface area contributed by atoms with E-state index in [1.807, 2.05) is 0 Å². The van der Waals surface area contributed by atoms with Crippen LogP contribution >= 0.6 is 0 Å². The topological polar surface area (TPSA) is 98.2 Å². The number of hydrogen-bond donors (Lipinski definition) is 2. The molecule has 0 radical (unpaired) electrons. The first-order chi connectivity index (χ1) is 8.09. The lowest BCUT2D eigenvalue weighted by Gasteiger charge is -2.06. The van der Waals surface area contributed by atoms with Crippen molar-refractivity contribution in [3.05, 3.63) is 42.5 Å². The van der Waals surface area contributed by atoms with Crippen LogP contribution in [0.2, 0.25) is 0 Å². The van der Waals surface area contributed by atoms with E-state index in [2.05, 4.69) is 9.71 Å². The Hall–Kier alpha value is -1.86. The van der Waals surface area contributed by atoms with Crippen molar-refractivity contribution in [3.8, 4) is 0 Å². The third-order valence-corrected chi connectivity index (χ3v) is 3.45. The molecule has 0 bridgehead atoms. The minimum atomic E-state index is -3.71. The predicted molar refractivity (Wildman–Crippen MR) is 61.4 cm³/mol. The van der Waals surface area contributed by atoms with Gasteiger partial charge < -0.3 is 10.2 Å². The molecule has 90 valence electrons. The second kappa shape index (κ2) is 4.56. The van der Waals surface area contributed by atoms with Crippen molar-refractivity contribution in [1.82, 2.24) is 9.71 Å². The van der Waals surface area contributed by atoms with Crippen LogP contribution < -0.4 is 10.5 Å². The van der Waals surface area contributed by atoms with Gasteiger partial charge in [0, 0.05) is 6.20 Å². The molecule has 0 unspecified atom stereocenters. The van der Waals surface area contributed by atoms with Crippen molar-refractivity contribution in [1.29, 1.82) is 0 Å². The highest BCUT2D eigenvalue weighted by Gasteiger charge is 2.18. The summed E-state index contributed by atoms with van der Waals surface area (Å²) in [5.74, 6) is 0.517. The number of anilines is 1. The van der Waals surface area contributed by atoms with E-state index >= 15 is 0 Å². The first-order valence-corrected chi connectivity index (χ1v) is 6.30. The number of nitrogens with two attached hydrogens (primary N) is 1. The van der Waals surface area contributed by atoms with Gasteiger partial charge in [-0.25, -0.2) is 18.1 Å². The van der Waals surface area contributed by atoms with Crippen LogP contribution in [0.15, 0.2) is 46.2 Å². The van der Waals surface area contributed by atoms with Crippen molar-refractivity contribution < 1.29 is 12.8 Å². The van der Waals surface area contributed by atoms with Gasteiger partial charge in [-0.1, -0.05) is 0 Å². The average molecular weight is 253 g/mol. The van der Waals surface area contributed by atoms with Gasteiger partial charge in [0.15, 0.2) is 5.03 Å². The Morgan fingerprint density at radius 2 is 2.18 bits per heavy atom. The quantitative estimate of drug-likeness (QED) is 0.837. The number of nitrogens with one attached hydrogen (secondary N) is 1. The van der Waals surface area contributed by atoms with Crippen LogP contribution in [0.25, 0.3) is 0 Å². The van der Waals surface area contributed by atoms with Crippen LogP contribution in [-0.4, -0.2) is 13.4 Å². The van der Waals surface area contributed by atoms with E-state index in [0.717, 1.165) is 0 Å². The Morgan fingerprint density at radius 3 is 2.82 bits per heavy atom. The molecule has 0 aliphatic heterocycles. The molecule has 7 heteroatoms. The molecule has 0 aliphatic carbocycles. The average Bonchev–Trinajstić information content (AvgIpc) is 2.80. The highest BCUT2D eigenvalue weighted by atomic mass is 32.2. The fourth-order valence-electron chi connectivity index (χ4n) is 1.28. The number of pyridine rings is 1. The fourth-order valence-corrected chi connectivity index (χ4v) is 2.32. The normalized spacial score (nSPS) is 11.5. The van der Waals surface area contributed by atoms with Gasteiger partial charge in [0.25, 0.3) is 10.0 Å². The van der Waals surface area contributed by atoms with E-state index in [-0.39, 0.29) is 17.3 Å². The molecule has 2 rings (SSSR count). The van der Waals surface area contributed by atoms with Crippen LogP contribution in [0.3, 0.4) is 0 Å². The maximum atomic E-state index is 11.9. The summed E-state index contributed by atoms with van der Waals surface area (Å²) in [6.45, 7) is 0.0609. The predicted octanol–water partition coefficient (Wildman–Crippen LogP) is 0.735. The lowest BCUT2D eigenvalue weighted by molar-refractivity contribution is 0.498. The van der Waals surface area contributed by atoms with E-state index in [9.17, 15) is 8.42 Å². The highest BCUT2D eigenvalue weighted by Crippen LogP contribution is 2.14. The maximum absolute atomic E-state index is 11.9. The third-order valence-electron chi connectivity index (χ3n) is 2.07. The molecule has 17 heavy (non-hydrogen) atoms. The number of nitrogens with zero attached hydrogens (tertiary/aromatic N) is 1. The van der Waals surface area contributed by atoms with E-state index in [1.165, 1.54) is 18.5 Å². The third kappa shape index (κ3) is 2.63.